The molecule has 1 saturated heterocycles. The molecule has 0 radical (unpaired) electrons. The van der Waals surface area contributed by atoms with Gasteiger partial charge in [0, 0.05) is 19.3 Å². The van der Waals surface area contributed by atoms with Gasteiger partial charge in [0.25, 0.3) is 0 Å². The molecule has 1 aliphatic heterocycles. The average Bonchev–Trinajstić information content (AvgIpc) is 2.88. The van der Waals surface area contributed by atoms with Crippen LogP contribution in [0.25, 0.3) is 0 Å². The highest BCUT2D eigenvalue weighted by Crippen LogP contribution is 2.17. The molecule has 2 fully saturated rings. The van der Waals surface area contributed by atoms with E-state index in [9.17, 15) is 0 Å². The van der Waals surface area contributed by atoms with E-state index in [2.05, 4.69) is 5.32 Å². The lowest BCUT2D eigenvalue weighted by atomic mass is 9.97. The van der Waals surface area contributed by atoms with E-state index in [-0.39, 0.29) is 0 Å². The van der Waals surface area contributed by atoms with Gasteiger partial charge in [-0.2, -0.15) is 0 Å². The summed E-state index contributed by atoms with van der Waals surface area (Å²) in [4.78, 5) is 0. The smallest absolute Gasteiger partial charge is 0.0809 e. The molecule has 19 heavy (non-hydrogen) atoms. The van der Waals surface area contributed by atoms with Gasteiger partial charge in [0.15, 0.2) is 0 Å². The number of ether oxygens (including phenoxy) is 2. The van der Waals surface area contributed by atoms with Crippen LogP contribution in [-0.2, 0) is 9.47 Å². The first kappa shape index (κ1) is 15.3. The molecule has 2 aliphatic rings. The van der Waals surface area contributed by atoms with Crippen LogP contribution in [0.2, 0.25) is 0 Å². The summed E-state index contributed by atoms with van der Waals surface area (Å²) < 4.78 is 11.2. The maximum absolute atomic E-state index is 5.69. The summed E-state index contributed by atoms with van der Waals surface area (Å²) in [7, 11) is 0. The first-order chi connectivity index (χ1) is 9.45. The second-order valence-electron chi connectivity index (χ2n) is 6.06. The summed E-state index contributed by atoms with van der Waals surface area (Å²) in [5, 5.41) is 3.71. The third kappa shape index (κ3) is 6.73. The van der Waals surface area contributed by atoms with E-state index in [1.165, 1.54) is 57.8 Å². The standard InChI is InChI=1S/C16H31NO2/c1-2-4-8-15(9-5-3-1)17-11-7-12-18-14-16-10-6-13-19-16/h15-17H,1-14H2. The van der Waals surface area contributed by atoms with E-state index >= 15 is 0 Å². The van der Waals surface area contributed by atoms with Crippen LogP contribution in [0.1, 0.15) is 64.2 Å². The zero-order chi connectivity index (χ0) is 13.2. The van der Waals surface area contributed by atoms with Crippen molar-refractivity contribution in [3.05, 3.63) is 0 Å². The molecule has 1 atom stereocenters. The van der Waals surface area contributed by atoms with E-state index in [1.54, 1.807) is 0 Å². The van der Waals surface area contributed by atoms with Crippen LogP contribution in [-0.4, -0.2) is 38.5 Å². The Bertz CT molecular complexity index is 209. The molecule has 0 aromatic heterocycles. The summed E-state index contributed by atoms with van der Waals surface area (Å²) in [6, 6.07) is 0.762. The van der Waals surface area contributed by atoms with Crippen molar-refractivity contribution in [2.45, 2.75) is 76.4 Å². The van der Waals surface area contributed by atoms with Crippen molar-refractivity contribution in [1.29, 1.82) is 0 Å². The van der Waals surface area contributed by atoms with Gasteiger partial charge in [-0.05, 0) is 38.6 Å². The van der Waals surface area contributed by atoms with Crippen molar-refractivity contribution in [2.75, 3.05) is 26.4 Å². The Labute approximate surface area is 118 Å². The minimum atomic E-state index is 0.374. The topological polar surface area (TPSA) is 30.5 Å². The van der Waals surface area contributed by atoms with E-state index in [0.717, 1.165) is 38.8 Å². The molecule has 0 spiro atoms. The molecule has 1 heterocycles. The highest BCUT2D eigenvalue weighted by molar-refractivity contribution is 4.69. The Kier molecular flexibility index (Phi) is 7.82. The molecular weight excluding hydrogens is 238 g/mol. The van der Waals surface area contributed by atoms with Gasteiger partial charge in [-0.3, -0.25) is 0 Å². The lowest BCUT2D eigenvalue weighted by Crippen LogP contribution is -2.31. The summed E-state index contributed by atoms with van der Waals surface area (Å²) in [5.41, 5.74) is 0. The van der Waals surface area contributed by atoms with Crippen molar-refractivity contribution in [1.82, 2.24) is 5.32 Å². The SMILES string of the molecule is C1CCCC(NCCCOCC2CCCO2)CCC1. The Balaban J connectivity index is 1.42. The Morgan fingerprint density at radius 3 is 2.47 bits per heavy atom. The predicted molar refractivity (Wildman–Crippen MR) is 78.5 cm³/mol. The van der Waals surface area contributed by atoms with Gasteiger partial charge < -0.3 is 14.8 Å². The molecule has 112 valence electrons. The molecule has 0 aromatic rings. The lowest BCUT2D eigenvalue weighted by Gasteiger charge is -2.21. The molecule has 1 unspecified atom stereocenters. The fraction of sp³-hybridized carbons (Fsp3) is 1.00. The average molecular weight is 269 g/mol. The van der Waals surface area contributed by atoms with Crippen molar-refractivity contribution in [3.8, 4) is 0 Å². The second-order valence-corrected chi connectivity index (χ2v) is 6.06. The second kappa shape index (κ2) is 9.73. The van der Waals surface area contributed by atoms with Gasteiger partial charge in [0.2, 0.25) is 0 Å². The van der Waals surface area contributed by atoms with Crippen molar-refractivity contribution < 1.29 is 9.47 Å². The van der Waals surface area contributed by atoms with Crippen LogP contribution in [0.3, 0.4) is 0 Å². The maximum Gasteiger partial charge on any atom is 0.0809 e. The minimum Gasteiger partial charge on any atom is -0.379 e. The van der Waals surface area contributed by atoms with Crippen LogP contribution < -0.4 is 5.32 Å². The zero-order valence-corrected chi connectivity index (χ0v) is 12.4. The zero-order valence-electron chi connectivity index (χ0n) is 12.4. The number of hydrogen-bond donors (Lipinski definition) is 1. The van der Waals surface area contributed by atoms with E-state index in [4.69, 9.17) is 9.47 Å². The van der Waals surface area contributed by atoms with Gasteiger partial charge in [-0.15, -0.1) is 0 Å². The summed E-state index contributed by atoms with van der Waals surface area (Å²) >= 11 is 0. The van der Waals surface area contributed by atoms with Gasteiger partial charge in [-0.1, -0.05) is 32.1 Å². The van der Waals surface area contributed by atoms with Gasteiger partial charge in [-0.25, -0.2) is 0 Å². The normalized spacial score (nSPS) is 26.2. The van der Waals surface area contributed by atoms with Gasteiger partial charge >= 0.3 is 0 Å². The fourth-order valence-corrected chi connectivity index (χ4v) is 3.13. The van der Waals surface area contributed by atoms with Crippen LogP contribution in [0, 0.1) is 0 Å². The Morgan fingerprint density at radius 1 is 0.947 bits per heavy atom. The fourth-order valence-electron chi connectivity index (χ4n) is 3.13. The third-order valence-corrected chi connectivity index (χ3v) is 4.33. The quantitative estimate of drug-likeness (QED) is 0.720. The summed E-state index contributed by atoms with van der Waals surface area (Å²) in [6.07, 6.45) is 13.8. The number of hydrogen-bond acceptors (Lipinski definition) is 3. The molecule has 3 heteroatoms. The summed E-state index contributed by atoms with van der Waals surface area (Å²) in [6.45, 7) is 3.70. The molecule has 0 bridgehead atoms. The van der Waals surface area contributed by atoms with Crippen LogP contribution in [0.4, 0.5) is 0 Å². The summed E-state index contributed by atoms with van der Waals surface area (Å²) in [5.74, 6) is 0. The highest BCUT2D eigenvalue weighted by atomic mass is 16.5. The molecule has 3 nitrogen and oxygen atoms in total. The monoisotopic (exact) mass is 269 g/mol. The first-order valence-corrected chi connectivity index (χ1v) is 8.38. The Hall–Kier alpha value is -0.120. The predicted octanol–water partition coefficient (Wildman–Crippen LogP) is 3.27. The van der Waals surface area contributed by atoms with Gasteiger partial charge in [0.1, 0.15) is 0 Å². The van der Waals surface area contributed by atoms with E-state index in [1.807, 2.05) is 0 Å². The van der Waals surface area contributed by atoms with Crippen molar-refractivity contribution in [2.24, 2.45) is 0 Å². The van der Waals surface area contributed by atoms with Crippen molar-refractivity contribution in [3.63, 3.8) is 0 Å². The largest absolute Gasteiger partial charge is 0.379 e. The maximum atomic E-state index is 5.69. The molecule has 1 aliphatic carbocycles. The van der Waals surface area contributed by atoms with E-state index in [0.29, 0.717) is 6.10 Å². The molecule has 2 rings (SSSR count). The molecule has 0 amide bonds. The van der Waals surface area contributed by atoms with E-state index < -0.39 is 0 Å². The minimum absolute atomic E-state index is 0.374. The number of rotatable bonds is 7. The third-order valence-electron chi connectivity index (χ3n) is 4.33. The van der Waals surface area contributed by atoms with Crippen LogP contribution in [0.15, 0.2) is 0 Å². The molecular formula is C16H31NO2. The van der Waals surface area contributed by atoms with Gasteiger partial charge in [0.05, 0.1) is 12.7 Å². The highest BCUT2D eigenvalue weighted by Gasteiger charge is 2.15. The lowest BCUT2D eigenvalue weighted by molar-refractivity contribution is 0.0165. The number of nitrogens with one attached hydrogen (secondary N) is 1. The van der Waals surface area contributed by atoms with Crippen LogP contribution >= 0.6 is 0 Å². The van der Waals surface area contributed by atoms with Crippen LogP contribution in [0.5, 0.6) is 0 Å². The molecule has 1 saturated carbocycles. The van der Waals surface area contributed by atoms with Crippen molar-refractivity contribution >= 4 is 0 Å². The molecule has 0 aromatic carbocycles. The first-order valence-electron chi connectivity index (χ1n) is 8.38. The molecule has 1 N–H and O–H groups in total. The Morgan fingerprint density at radius 2 is 1.74 bits per heavy atom.